The van der Waals surface area contributed by atoms with Crippen molar-refractivity contribution >= 4 is 32.8 Å². The normalized spacial score (nSPS) is 10.8. The number of aromatic nitrogens is 2. The molecule has 1 heterocycles. The number of nitrogens with one attached hydrogen (secondary N) is 1. The maximum atomic E-state index is 13.7. The SMILES string of the molecule is COCCNc1ncc2c(F)c(Br)ccc2n1. The molecule has 1 N–H and O–H groups in total. The molecule has 0 spiro atoms. The van der Waals surface area contributed by atoms with E-state index in [-0.39, 0.29) is 5.82 Å². The first-order chi connectivity index (χ1) is 8.22. The molecule has 0 aliphatic rings. The van der Waals surface area contributed by atoms with E-state index in [2.05, 4.69) is 31.2 Å². The first-order valence-corrected chi connectivity index (χ1v) is 5.85. The van der Waals surface area contributed by atoms with Gasteiger partial charge in [0.15, 0.2) is 0 Å². The molecule has 0 atom stereocenters. The summed E-state index contributed by atoms with van der Waals surface area (Å²) in [4.78, 5) is 8.25. The van der Waals surface area contributed by atoms with Crippen LogP contribution in [0.25, 0.3) is 10.9 Å². The van der Waals surface area contributed by atoms with E-state index < -0.39 is 0 Å². The van der Waals surface area contributed by atoms with Crippen LogP contribution in [0.3, 0.4) is 0 Å². The quantitative estimate of drug-likeness (QED) is 0.882. The fraction of sp³-hybridized carbons (Fsp3) is 0.273. The largest absolute Gasteiger partial charge is 0.383 e. The number of nitrogens with zero attached hydrogens (tertiary/aromatic N) is 2. The van der Waals surface area contributed by atoms with Crippen LogP contribution >= 0.6 is 15.9 Å². The average molecular weight is 300 g/mol. The maximum absolute atomic E-state index is 13.7. The lowest BCUT2D eigenvalue weighted by Gasteiger charge is -2.05. The maximum Gasteiger partial charge on any atom is 0.223 e. The number of hydrogen-bond acceptors (Lipinski definition) is 4. The molecule has 4 nitrogen and oxygen atoms in total. The Hall–Kier alpha value is -1.27. The summed E-state index contributed by atoms with van der Waals surface area (Å²) in [5, 5.41) is 3.39. The average Bonchev–Trinajstić information content (AvgIpc) is 2.34. The van der Waals surface area contributed by atoms with Crippen LogP contribution in [0.15, 0.2) is 22.8 Å². The van der Waals surface area contributed by atoms with Crippen molar-refractivity contribution < 1.29 is 9.13 Å². The Bertz CT molecular complexity index is 535. The van der Waals surface area contributed by atoms with E-state index in [1.165, 1.54) is 6.20 Å². The highest BCUT2D eigenvalue weighted by Crippen LogP contribution is 2.23. The van der Waals surface area contributed by atoms with Crippen LogP contribution in [0, 0.1) is 5.82 Å². The molecule has 0 bridgehead atoms. The van der Waals surface area contributed by atoms with Crippen molar-refractivity contribution in [1.29, 1.82) is 0 Å². The van der Waals surface area contributed by atoms with Gasteiger partial charge in [0.2, 0.25) is 5.95 Å². The fourth-order valence-electron chi connectivity index (χ4n) is 1.40. The molecule has 2 aromatic rings. The van der Waals surface area contributed by atoms with Crippen molar-refractivity contribution in [1.82, 2.24) is 9.97 Å². The summed E-state index contributed by atoms with van der Waals surface area (Å²) in [6.45, 7) is 1.18. The Labute approximate surface area is 106 Å². The molecule has 0 amide bonds. The first kappa shape index (κ1) is 12.2. The molecule has 6 heteroatoms. The smallest absolute Gasteiger partial charge is 0.223 e. The van der Waals surface area contributed by atoms with E-state index in [0.717, 1.165) is 0 Å². The molecule has 1 aromatic heterocycles. The van der Waals surface area contributed by atoms with Crippen LogP contribution in [0.5, 0.6) is 0 Å². The standard InChI is InChI=1S/C11H11BrFN3O/c1-17-5-4-14-11-15-6-7-9(16-11)3-2-8(12)10(7)13/h2-3,6H,4-5H2,1H3,(H,14,15,16). The predicted octanol–water partition coefficient (Wildman–Crippen LogP) is 2.59. The van der Waals surface area contributed by atoms with Crippen LogP contribution in [0.4, 0.5) is 10.3 Å². The number of hydrogen-bond donors (Lipinski definition) is 1. The van der Waals surface area contributed by atoms with Crippen molar-refractivity contribution in [2.45, 2.75) is 0 Å². The summed E-state index contributed by atoms with van der Waals surface area (Å²) in [6.07, 6.45) is 1.47. The number of halogens is 2. The Morgan fingerprint density at radius 3 is 3.06 bits per heavy atom. The summed E-state index contributed by atoms with van der Waals surface area (Å²) < 4.78 is 19.0. The minimum atomic E-state index is -0.342. The Morgan fingerprint density at radius 2 is 2.29 bits per heavy atom. The highest BCUT2D eigenvalue weighted by molar-refractivity contribution is 9.10. The van der Waals surface area contributed by atoms with Crippen LogP contribution in [-0.4, -0.2) is 30.2 Å². The van der Waals surface area contributed by atoms with Crippen molar-refractivity contribution in [3.8, 4) is 0 Å². The summed E-state index contributed by atoms with van der Waals surface area (Å²) in [5.41, 5.74) is 0.570. The molecule has 0 radical (unpaired) electrons. The zero-order valence-corrected chi connectivity index (χ0v) is 10.8. The van der Waals surface area contributed by atoms with Crippen molar-refractivity contribution in [3.63, 3.8) is 0 Å². The number of ether oxygens (including phenoxy) is 1. The monoisotopic (exact) mass is 299 g/mol. The van der Waals surface area contributed by atoms with Gasteiger partial charge in [0, 0.05) is 19.9 Å². The highest BCUT2D eigenvalue weighted by Gasteiger charge is 2.07. The summed E-state index contributed by atoms with van der Waals surface area (Å²) in [5.74, 6) is 0.127. The Morgan fingerprint density at radius 1 is 1.47 bits per heavy atom. The first-order valence-electron chi connectivity index (χ1n) is 5.06. The molecule has 0 saturated heterocycles. The molecule has 1 aromatic carbocycles. The van der Waals surface area contributed by atoms with E-state index in [0.29, 0.717) is 34.5 Å². The molecule has 0 saturated carbocycles. The number of fused-ring (bicyclic) bond motifs is 1. The van der Waals surface area contributed by atoms with Crippen LogP contribution < -0.4 is 5.32 Å². The molecular formula is C11H11BrFN3O. The summed E-state index contributed by atoms with van der Waals surface area (Å²) >= 11 is 3.12. The number of benzene rings is 1. The van der Waals surface area contributed by atoms with E-state index in [1.807, 2.05) is 0 Å². The number of rotatable bonds is 4. The summed E-state index contributed by atoms with van der Waals surface area (Å²) in [6, 6.07) is 3.37. The minimum absolute atomic E-state index is 0.342. The van der Waals surface area contributed by atoms with Gasteiger partial charge in [-0.3, -0.25) is 0 Å². The molecule has 2 rings (SSSR count). The van der Waals surface area contributed by atoms with Gasteiger partial charge in [0.25, 0.3) is 0 Å². The highest BCUT2D eigenvalue weighted by atomic mass is 79.9. The fourth-order valence-corrected chi connectivity index (χ4v) is 1.74. The second kappa shape index (κ2) is 5.37. The van der Waals surface area contributed by atoms with Gasteiger partial charge in [-0.2, -0.15) is 0 Å². The lowest BCUT2D eigenvalue weighted by atomic mass is 10.2. The third-order valence-corrected chi connectivity index (χ3v) is 2.85. The second-order valence-corrected chi connectivity index (χ2v) is 4.26. The summed E-state index contributed by atoms with van der Waals surface area (Å²) in [7, 11) is 1.62. The van der Waals surface area contributed by atoms with E-state index in [4.69, 9.17) is 4.74 Å². The van der Waals surface area contributed by atoms with E-state index in [1.54, 1.807) is 19.2 Å². The third-order valence-electron chi connectivity index (χ3n) is 2.24. The molecule has 90 valence electrons. The molecule has 0 aliphatic heterocycles. The van der Waals surface area contributed by atoms with E-state index >= 15 is 0 Å². The van der Waals surface area contributed by atoms with Gasteiger partial charge in [0.1, 0.15) is 5.82 Å². The van der Waals surface area contributed by atoms with Gasteiger partial charge in [-0.1, -0.05) is 0 Å². The van der Waals surface area contributed by atoms with Gasteiger partial charge < -0.3 is 10.1 Å². The zero-order chi connectivity index (χ0) is 12.3. The predicted molar refractivity (Wildman–Crippen MR) is 67.6 cm³/mol. The zero-order valence-electron chi connectivity index (χ0n) is 9.20. The van der Waals surface area contributed by atoms with Gasteiger partial charge >= 0.3 is 0 Å². The third kappa shape index (κ3) is 2.70. The molecule has 0 unspecified atom stereocenters. The van der Waals surface area contributed by atoms with Gasteiger partial charge in [0.05, 0.1) is 22.0 Å². The number of anilines is 1. The Balaban J connectivity index is 2.29. The second-order valence-electron chi connectivity index (χ2n) is 3.41. The lowest BCUT2D eigenvalue weighted by Crippen LogP contribution is -2.10. The van der Waals surface area contributed by atoms with Gasteiger partial charge in [-0.05, 0) is 28.1 Å². The van der Waals surface area contributed by atoms with E-state index in [9.17, 15) is 4.39 Å². The van der Waals surface area contributed by atoms with Crippen molar-refractivity contribution in [2.75, 3.05) is 25.6 Å². The lowest BCUT2D eigenvalue weighted by molar-refractivity contribution is 0.210. The van der Waals surface area contributed by atoms with Gasteiger partial charge in [-0.25, -0.2) is 14.4 Å². The minimum Gasteiger partial charge on any atom is -0.383 e. The van der Waals surface area contributed by atoms with Crippen LogP contribution in [0.2, 0.25) is 0 Å². The molecule has 0 aliphatic carbocycles. The van der Waals surface area contributed by atoms with Gasteiger partial charge in [-0.15, -0.1) is 0 Å². The van der Waals surface area contributed by atoms with Crippen LogP contribution in [-0.2, 0) is 4.74 Å². The Kier molecular flexibility index (Phi) is 3.86. The molecule has 0 fully saturated rings. The van der Waals surface area contributed by atoms with Crippen molar-refractivity contribution in [2.24, 2.45) is 0 Å². The molecular weight excluding hydrogens is 289 g/mol. The van der Waals surface area contributed by atoms with Crippen molar-refractivity contribution in [3.05, 3.63) is 28.6 Å². The topological polar surface area (TPSA) is 47.0 Å². The molecule has 17 heavy (non-hydrogen) atoms. The number of methoxy groups -OCH3 is 1. The van der Waals surface area contributed by atoms with Crippen LogP contribution in [0.1, 0.15) is 0 Å².